The molecule has 0 radical (unpaired) electrons. The molecule has 0 bridgehead atoms. The molecule has 0 amide bonds. The minimum absolute atomic E-state index is 0.589. The van der Waals surface area contributed by atoms with Crippen molar-refractivity contribution >= 4 is 17.0 Å². The van der Waals surface area contributed by atoms with Crippen LogP contribution in [-0.4, -0.2) is 17.6 Å². The molecule has 1 aromatic heterocycles. The van der Waals surface area contributed by atoms with E-state index in [9.17, 15) is 4.79 Å². The van der Waals surface area contributed by atoms with Gasteiger partial charge in [0.2, 0.25) is 6.08 Å². The molecule has 0 aliphatic heterocycles. The molecule has 82 valence electrons. The molecule has 1 aromatic carbocycles. The van der Waals surface area contributed by atoms with Gasteiger partial charge < -0.3 is 4.98 Å². The van der Waals surface area contributed by atoms with Crippen LogP contribution in [0.3, 0.4) is 0 Å². The molecule has 0 aliphatic carbocycles. The smallest absolute Gasteiger partial charge is 0.234 e. The molecular weight excluding hydrogens is 200 g/mol. The fourth-order valence-corrected chi connectivity index (χ4v) is 1.89. The first-order valence-corrected chi connectivity index (χ1v) is 5.50. The molecule has 16 heavy (non-hydrogen) atoms. The number of nitrogens with zero attached hydrogens (tertiary/aromatic N) is 1. The average molecular weight is 214 g/mol. The fraction of sp³-hybridized carbons (Fsp3) is 0.308. The molecule has 0 atom stereocenters. The highest BCUT2D eigenvalue weighted by atomic mass is 16.1. The van der Waals surface area contributed by atoms with Crippen molar-refractivity contribution in [3.8, 4) is 0 Å². The lowest BCUT2D eigenvalue weighted by atomic mass is 10.1. The first-order chi connectivity index (χ1) is 7.92. The number of para-hydroxylation sites is 1. The van der Waals surface area contributed by atoms with Gasteiger partial charge in [-0.1, -0.05) is 18.2 Å². The quantitative estimate of drug-likeness (QED) is 0.464. The summed E-state index contributed by atoms with van der Waals surface area (Å²) in [6.07, 6.45) is 6.64. The molecular formula is C13H14N2O. The number of isocyanates is 1. The van der Waals surface area contributed by atoms with Crippen LogP contribution in [0, 0.1) is 0 Å². The molecule has 0 unspecified atom stereocenters. The van der Waals surface area contributed by atoms with Crippen molar-refractivity contribution in [3.05, 3.63) is 36.0 Å². The molecule has 2 aromatic rings. The summed E-state index contributed by atoms with van der Waals surface area (Å²) in [7, 11) is 0. The lowest BCUT2D eigenvalue weighted by molar-refractivity contribution is 0.562. The van der Waals surface area contributed by atoms with Crippen molar-refractivity contribution in [2.24, 2.45) is 4.99 Å². The minimum atomic E-state index is 0.589. The summed E-state index contributed by atoms with van der Waals surface area (Å²) >= 11 is 0. The number of carbonyl (C=O) groups excluding carboxylic acids is 1. The van der Waals surface area contributed by atoms with E-state index < -0.39 is 0 Å². The Kier molecular flexibility index (Phi) is 3.52. The van der Waals surface area contributed by atoms with Crippen LogP contribution in [0.2, 0.25) is 0 Å². The van der Waals surface area contributed by atoms with Crippen molar-refractivity contribution in [2.45, 2.75) is 19.3 Å². The van der Waals surface area contributed by atoms with E-state index in [1.165, 1.54) is 16.5 Å². The summed E-state index contributed by atoms with van der Waals surface area (Å²) in [4.78, 5) is 16.7. The summed E-state index contributed by atoms with van der Waals surface area (Å²) in [5.41, 5.74) is 2.52. The molecule has 3 nitrogen and oxygen atoms in total. The molecule has 3 heteroatoms. The number of aryl methyl sites for hydroxylation is 1. The SMILES string of the molecule is O=C=NCCCCc1c[nH]c2ccccc12. The number of unbranched alkanes of at least 4 members (excludes halogenated alkanes) is 1. The van der Waals surface area contributed by atoms with Crippen LogP contribution < -0.4 is 0 Å². The lowest BCUT2D eigenvalue weighted by Gasteiger charge is -1.97. The van der Waals surface area contributed by atoms with Gasteiger partial charge in [-0.3, -0.25) is 0 Å². The lowest BCUT2D eigenvalue weighted by Crippen LogP contribution is -1.86. The number of fused-ring (bicyclic) bond motifs is 1. The van der Waals surface area contributed by atoms with Gasteiger partial charge in [0.1, 0.15) is 0 Å². The van der Waals surface area contributed by atoms with Crippen LogP contribution in [0.1, 0.15) is 18.4 Å². The Hall–Kier alpha value is -1.86. The van der Waals surface area contributed by atoms with Gasteiger partial charge in [-0.15, -0.1) is 0 Å². The molecule has 0 fully saturated rings. The largest absolute Gasteiger partial charge is 0.361 e. The number of rotatable bonds is 5. The number of nitrogens with one attached hydrogen (secondary N) is 1. The van der Waals surface area contributed by atoms with Crippen LogP contribution in [0.25, 0.3) is 10.9 Å². The maximum Gasteiger partial charge on any atom is 0.234 e. The van der Waals surface area contributed by atoms with Gasteiger partial charge in [0, 0.05) is 17.1 Å². The Morgan fingerprint density at radius 1 is 1.25 bits per heavy atom. The molecule has 0 aliphatic rings. The first-order valence-electron chi connectivity index (χ1n) is 5.50. The van der Waals surface area contributed by atoms with Gasteiger partial charge in [-0.2, -0.15) is 0 Å². The van der Waals surface area contributed by atoms with E-state index in [0.717, 1.165) is 19.3 Å². The number of benzene rings is 1. The summed E-state index contributed by atoms with van der Waals surface area (Å²) in [5, 5.41) is 1.29. The predicted octanol–water partition coefficient (Wildman–Crippen LogP) is 2.83. The topological polar surface area (TPSA) is 45.2 Å². The number of hydrogen-bond donors (Lipinski definition) is 1. The highest BCUT2D eigenvalue weighted by Gasteiger charge is 2.01. The van der Waals surface area contributed by atoms with Gasteiger partial charge in [0.05, 0.1) is 6.54 Å². The van der Waals surface area contributed by atoms with Gasteiger partial charge in [-0.05, 0) is 30.9 Å². The maximum absolute atomic E-state index is 9.87. The van der Waals surface area contributed by atoms with Crippen molar-refractivity contribution in [1.29, 1.82) is 0 Å². The number of aromatic amines is 1. The van der Waals surface area contributed by atoms with Crippen molar-refractivity contribution in [3.63, 3.8) is 0 Å². The second kappa shape index (κ2) is 5.29. The van der Waals surface area contributed by atoms with Crippen LogP contribution in [0.5, 0.6) is 0 Å². The maximum atomic E-state index is 9.87. The Labute approximate surface area is 94.2 Å². The number of aromatic nitrogens is 1. The van der Waals surface area contributed by atoms with Gasteiger partial charge in [-0.25, -0.2) is 9.79 Å². The molecule has 0 saturated carbocycles. The van der Waals surface area contributed by atoms with Gasteiger partial charge >= 0.3 is 0 Å². The number of hydrogen-bond acceptors (Lipinski definition) is 2. The van der Waals surface area contributed by atoms with Crippen LogP contribution in [0.4, 0.5) is 0 Å². The van der Waals surface area contributed by atoms with Crippen LogP contribution >= 0.6 is 0 Å². The van der Waals surface area contributed by atoms with Gasteiger partial charge in [0.15, 0.2) is 0 Å². The Bertz CT molecular complexity index is 509. The molecule has 1 N–H and O–H groups in total. The standard InChI is InChI=1S/C13H14N2O/c16-10-14-8-4-3-5-11-9-15-13-7-2-1-6-12(11)13/h1-2,6-7,9,15H,3-5,8H2. The second-order valence-electron chi connectivity index (χ2n) is 3.79. The Balaban J connectivity index is 1.96. The molecule has 1 heterocycles. The fourth-order valence-electron chi connectivity index (χ4n) is 1.89. The van der Waals surface area contributed by atoms with E-state index in [1.54, 1.807) is 6.08 Å². The van der Waals surface area contributed by atoms with Crippen molar-refractivity contribution in [1.82, 2.24) is 4.98 Å². The molecule has 0 spiro atoms. The van der Waals surface area contributed by atoms with Gasteiger partial charge in [0.25, 0.3) is 0 Å². The monoisotopic (exact) mass is 214 g/mol. The Morgan fingerprint density at radius 2 is 2.12 bits per heavy atom. The van der Waals surface area contributed by atoms with E-state index >= 15 is 0 Å². The zero-order valence-electron chi connectivity index (χ0n) is 9.07. The van der Waals surface area contributed by atoms with E-state index in [1.807, 2.05) is 6.07 Å². The minimum Gasteiger partial charge on any atom is -0.361 e. The van der Waals surface area contributed by atoms with Crippen LogP contribution in [-0.2, 0) is 11.2 Å². The van der Waals surface area contributed by atoms with E-state index in [2.05, 4.69) is 34.4 Å². The van der Waals surface area contributed by atoms with E-state index in [4.69, 9.17) is 0 Å². The molecule has 0 saturated heterocycles. The van der Waals surface area contributed by atoms with Crippen molar-refractivity contribution in [2.75, 3.05) is 6.54 Å². The van der Waals surface area contributed by atoms with E-state index in [0.29, 0.717) is 6.54 Å². The number of aliphatic imine (C=N–C) groups is 1. The highest BCUT2D eigenvalue weighted by Crippen LogP contribution is 2.19. The third kappa shape index (κ3) is 2.38. The number of H-pyrrole nitrogens is 1. The van der Waals surface area contributed by atoms with Crippen LogP contribution in [0.15, 0.2) is 35.5 Å². The highest BCUT2D eigenvalue weighted by molar-refractivity contribution is 5.82. The summed E-state index contributed by atoms with van der Waals surface area (Å²) in [5.74, 6) is 0. The van der Waals surface area contributed by atoms with E-state index in [-0.39, 0.29) is 0 Å². The second-order valence-corrected chi connectivity index (χ2v) is 3.79. The average Bonchev–Trinajstić information content (AvgIpc) is 2.73. The molecule has 2 rings (SSSR count). The normalized spacial score (nSPS) is 10.2. The first kappa shape index (κ1) is 10.7. The summed E-state index contributed by atoms with van der Waals surface area (Å²) in [6.45, 7) is 0.589. The Morgan fingerprint density at radius 3 is 3.00 bits per heavy atom. The zero-order chi connectivity index (χ0) is 11.2. The predicted molar refractivity (Wildman–Crippen MR) is 64.2 cm³/mol. The third-order valence-electron chi connectivity index (χ3n) is 2.71. The zero-order valence-corrected chi connectivity index (χ0v) is 9.07. The van der Waals surface area contributed by atoms with Crippen molar-refractivity contribution < 1.29 is 4.79 Å². The summed E-state index contributed by atoms with van der Waals surface area (Å²) < 4.78 is 0. The summed E-state index contributed by atoms with van der Waals surface area (Å²) in [6, 6.07) is 8.29. The third-order valence-corrected chi connectivity index (χ3v) is 2.71.